The fourth-order valence-corrected chi connectivity index (χ4v) is 0.800. The average Bonchev–Trinajstić information content (AvgIpc) is 1.99. The van der Waals surface area contributed by atoms with Crippen molar-refractivity contribution in [3.63, 3.8) is 0 Å². The van der Waals surface area contributed by atoms with Gasteiger partial charge in [0.25, 0.3) is 0 Å². The first-order valence-corrected chi connectivity index (χ1v) is 4.29. The van der Waals surface area contributed by atoms with Crippen LogP contribution in [0.25, 0.3) is 0 Å². The highest BCUT2D eigenvalue weighted by Crippen LogP contribution is 2.12. The van der Waals surface area contributed by atoms with Gasteiger partial charge in [-0.05, 0) is 33.9 Å². The average molecular weight is 156 g/mol. The van der Waals surface area contributed by atoms with Crippen LogP contribution < -0.4 is 0 Å². The molecule has 0 aromatic carbocycles. The lowest BCUT2D eigenvalue weighted by molar-refractivity contribution is 0.175. The molecule has 0 unspecified atom stereocenters. The van der Waals surface area contributed by atoms with Crippen molar-refractivity contribution in [2.24, 2.45) is 4.99 Å². The standard InChI is InChI=1S/C9H20N2/c1-6-8-10-9(3,4)11(5)7-2/h8H,6-7H2,1-5H3. The second-order valence-electron chi connectivity index (χ2n) is 3.23. The SMILES string of the molecule is CCC=NC(C)(C)N(C)CC. The third kappa shape index (κ3) is 3.51. The van der Waals surface area contributed by atoms with Gasteiger partial charge in [-0.2, -0.15) is 0 Å². The van der Waals surface area contributed by atoms with Gasteiger partial charge >= 0.3 is 0 Å². The molecule has 0 bridgehead atoms. The first-order chi connectivity index (χ1) is 5.04. The molecule has 2 heteroatoms. The summed E-state index contributed by atoms with van der Waals surface area (Å²) in [5, 5.41) is 0. The Morgan fingerprint density at radius 3 is 2.27 bits per heavy atom. The van der Waals surface area contributed by atoms with Crippen molar-refractivity contribution in [2.75, 3.05) is 13.6 Å². The summed E-state index contributed by atoms with van der Waals surface area (Å²) in [5.41, 5.74) is -0.0369. The summed E-state index contributed by atoms with van der Waals surface area (Å²) in [6, 6.07) is 0. The van der Waals surface area contributed by atoms with E-state index in [9.17, 15) is 0 Å². The summed E-state index contributed by atoms with van der Waals surface area (Å²) in [7, 11) is 2.09. The van der Waals surface area contributed by atoms with E-state index < -0.39 is 0 Å². The van der Waals surface area contributed by atoms with Crippen LogP contribution in [0.1, 0.15) is 34.1 Å². The molecule has 0 spiro atoms. The molecule has 2 nitrogen and oxygen atoms in total. The fourth-order valence-electron chi connectivity index (χ4n) is 0.800. The summed E-state index contributed by atoms with van der Waals surface area (Å²) >= 11 is 0. The highest BCUT2D eigenvalue weighted by Gasteiger charge is 2.18. The minimum absolute atomic E-state index is 0.0369. The molecule has 0 saturated carbocycles. The van der Waals surface area contributed by atoms with Crippen LogP contribution in [-0.2, 0) is 0 Å². The van der Waals surface area contributed by atoms with E-state index in [2.05, 4.69) is 44.6 Å². The molecule has 0 rings (SSSR count). The summed E-state index contributed by atoms with van der Waals surface area (Å²) < 4.78 is 0. The molecule has 0 aliphatic heterocycles. The molecular formula is C9H20N2. The van der Waals surface area contributed by atoms with Gasteiger partial charge in [0.2, 0.25) is 0 Å². The van der Waals surface area contributed by atoms with Gasteiger partial charge in [0.1, 0.15) is 5.66 Å². The maximum atomic E-state index is 4.45. The van der Waals surface area contributed by atoms with Crippen molar-refractivity contribution >= 4 is 6.21 Å². The molecular weight excluding hydrogens is 136 g/mol. The van der Waals surface area contributed by atoms with Crippen molar-refractivity contribution in [3.8, 4) is 0 Å². The van der Waals surface area contributed by atoms with E-state index in [1.165, 1.54) is 0 Å². The summed E-state index contributed by atoms with van der Waals surface area (Å²) in [5.74, 6) is 0. The monoisotopic (exact) mass is 156 g/mol. The molecule has 0 N–H and O–H groups in total. The summed E-state index contributed by atoms with van der Waals surface area (Å²) in [6.45, 7) is 9.54. The number of hydrogen-bond donors (Lipinski definition) is 0. The first-order valence-electron chi connectivity index (χ1n) is 4.29. The molecule has 0 atom stereocenters. The number of hydrogen-bond acceptors (Lipinski definition) is 2. The van der Waals surface area contributed by atoms with E-state index in [0.29, 0.717) is 0 Å². The van der Waals surface area contributed by atoms with Gasteiger partial charge in [-0.3, -0.25) is 9.89 Å². The second kappa shape index (κ2) is 4.50. The lowest BCUT2D eigenvalue weighted by Crippen LogP contribution is -2.39. The maximum Gasteiger partial charge on any atom is 0.106 e. The Balaban J connectivity index is 4.08. The van der Waals surface area contributed by atoms with E-state index in [-0.39, 0.29) is 5.66 Å². The topological polar surface area (TPSA) is 15.6 Å². The van der Waals surface area contributed by atoms with Crippen molar-refractivity contribution in [1.82, 2.24) is 4.90 Å². The number of rotatable bonds is 4. The molecule has 0 aliphatic rings. The molecule has 0 fully saturated rings. The molecule has 0 amide bonds. The maximum absolute atomic E-state index is 4.45. The summed E-state index contributed by atoms with van der Waals surface area (Å²) in [4.78, 5) is 6.67. The van der Waals surface area contributed by atoms with Gasteiger partial charge in [0, 0.05) is 6.21 Å². The van der Waals surface area contributed by atoms with E-state index >= 15 is 0 Å². The fraction of sp³-hybridized carbons (Fsp3) is 0.889. The third-order valence-electron chi connectivity index (χ3n) is 2.00. The zero-order valence-corrected chi connectivity index (χ0v) is 8.39. The molecule has 11 heavy (non-hydrogen) atoms. The molecule has 0 aliphatic carbocycles. The summed E-state index contributed by atoms with van der Waals surface area (Å²) in [6.07, 6.45) is 2.99. The van der Waals surface area contributed by atoms with Gasteiger partial charge in [-0.1, -0.05) is 13.8 Å². The normalized spacial score (nSPS) is 13.3. The lowest BCUT2D eigenvalue weighted by atomic mass is 10.2. The van der Waals surface area contributed by atoms with E-state index in [1.54, 1.807) is 0 Å². The van der Waals surface area contributed by atoms with Crippen molar-refractivity contribution < 1.29 is 0 Å². The minimum atomic E-state index is -0.0369. The Labute approximate surface area is 70.3 Å². The Hall–Kier alpha value is -0.370. The van der Waals surface area contributed by atoms with E-state index in [0.717, 1.165) is 13.0 Å². The van der Waals surface area contributed by atoms with Gasteiger partial charge in [-0.15, -0.1) is 0 Å². The van der Waals surface area contributed by atoms with Gasteiger partial charge in [-0.25, -0.2) is 0 Å². The van der Waals surface area contributed by atoms with Crippen molar-refractivity contribution in [2.45, 2.75) is 39.8 Å². The van der Waals surface area contributed by atoms with Crippen LogP contribution in [0.15, 0.2) is 4.99 Å². The van der Waals surface area contributed by atoms with Crippen LogP contribution in [-0.4, -0.2) is 30.4 Å². The zero-order valence-electron chi connectivity index (χ0n) is 8.39. The number of nitrogens with zero attached hydrogens (tertiary/aromatic N) is 2. The first kappa shape index (κ1) is 10.6. The Morgan fingerprint density at radius 2 is 1.91 bits per heavy atom. The molecule has 0 heterocycles. The predicted molar refractivity (Wildman–Crippen MR) is 51.2 cm³/mol. The quantitative estimate of drug-likeness (QED) is 0.569. The largest absolute Gasteiger partial charge is 0.283 e. The van der Waals surface area contributed by atoms with Gasteiger partial charge in [0.15, 0.2) is 0 Å². The van der Waals surface area contributed by atoms with Crippen LogP contribution >= 0.6 is 0 Å². The zero-order chi connectivity index (χ0) is 8.91. The van der Waals surface area contributed by atoms with Crippen LogP contribution in [0.3, 0.4) is 0 Å². The van der Waals surface area contributed by atoms with Crippen molar-refractivity contribution in [3.05, 3.63) is 0 Å². The lowest BCUT2D eigenvalue weighted by Gasteiger charge is -2.30. The van der Waals surface area contributed by atoms with Crippen LogP contribution in [0.4, 0.5) is 0 Å². The van der Waals surface area contributed by atoms with E-state index in [4.69, 9.17) is 0 Å². The second-order valence-corrected chi connectivity index (χ2v) is 3.23. The van der Waals surface area contributed by atoms with Gasteiger partial charge < -0.3 is 0 Å². The minimum Gasteiger partial charge on any atom is -0.283 e. The highest BCUT2D eigenvalue weighted by atomic mass is 15.3. The molecule has 0 saturated heterocycles. The van der Waals surface area contributed by atoms with Crippen molar-refractivity contribution in [1.29, 1.82) is 0 Å². The van der Waals surface area contributed by atoms with E-state index in [1.807, 2.05) is 6.21 Å². The highest BCUT2D eigenvalue weighted by molar-refractivity contribution is 5.57. The van der Waals surface area contributed by atoms with Crippen LogP contribution in [0, 0.1) is 0 Å². The smallest absolute Gasteiger partial charge is 0.106 e. The molecule has 66 valence electrons. The molecule has 0 aromatic heterocycles. The Bertz CT molecular complexity index is 128. The Kier molecular flexibility index (Phi) is 4.34. The number of aliphatic imine (C=N–C) groups is 1. The molecule has 0 aromatic rings. The van der Waals surface area contributed by atoms with Gasteiger partial charge in [0.05, 0.1) is 0 Å². The van der Waals surface area contributed by atoms with Crippen LogP contribution in [0.2, 0.25) is 0 Å². The predicted octanol–water partition coefficient (Wildman–Crippen LogP) is 2.16. The Morgan fingerprint density at radius 1 is 1.36 bits per heavy atom. The molecule has 0 radical (unpaired) electrons. The third-order valence-corrected chi connectivity index (χ3v) is 2.00. The van der Waals surface area contributed by atoms with Crippen LogP contribution in [0.5, 0.6) is 0 Å².